The molecule has 2 N–H and O–H groups in total. The largest absolute Gasteiger partial charge is 0.493 e. The molecule has 0 aliphatic rings. The van der Waals surface area contributed by atoms with Crippen molar-refractivity contribution in [3.8, 4) is 22.8 Å². The van der Waals surface area contributed by atoms with E-state index in [0.717, 1.165) is 35.7 Å². The van der Waals surface area contributed by atoms with E-state index in [1.54, 1.807) is 20.5 Å². The fourth-order valence-corrected chi connectivity index (χ4v) is 1.99. The molecular formula is C14H19N3O2. The number of aromatic nitrogens is 2. The highest BCUT2D eigenvalue weighted by atomic mass is 16.5. The van der Waals surface area contributed by atoms with Gasteiger partial charge in [0.1, 0.15) is 0 Å². The average molecular weight is 261 g/mol. The van der Waals surface area contributed by atoms with Crippen LogP contribution < -0.4 is 14.8 Å². The Morgan fingerprint density at radius 1 is 1.21 bits per heavy atom. The van der Waals surface area contributed by atoms with Crippen molar-refractivity contribution in [1.82, 2.24) is 15.3 Å². The number of likely N-dealkylation sites (N-methyl/N-ethyl adjacent to an activating group) is 1. The first-order valence-electron chi connectivity index (χ1n) is 6.19. The third kappa shape index (κ3) is 2.88. The van der Waals surface area contributed by atoms with Crippen molar-refractivity contribution in [1.29, 1.82) is 0 Å². The van der Waals surface area contributed by atoms with E-state index in [1.165, 1.54) is 0 Å². The monoisotopic (exact) mass is 261 g/mol. The van der Waals surface area contributed by atoms with Crippen LogP contribution in [0.4, 0.5) is 0 Å². The molecule has 19 heavy (non-hydrogen) atoms. The van der Waals surface area contributed by atoms with Crippen molar-refractivity contribution < 1.29 is 9.47 Å². The quantitative estimate of drug-likeness (QED) is 0.833. The summed E-state index contributed by atoms with van der Waals surface area (Å²) in [6.45, 7) is 0.905. The topological polar surface area (TPSA) is 59.2 Å². The highest BCUT2D eigenvalue weighted by Gasteiger charge is 2.11. The predicted molar refractivity (Wildman–Crippen MR) is 74.8 cm³/mol. The molecule has 0 saturated heterocycles. The van der Waals surface area contributed by atoms with Crippen LogP contribution in [0.15, 0.2) is 24.5 Å². The molecule has 0 spiro atoms. The number of methoxy groups -OCH3 is 2. The molecule has 5 nitrogen and oxygen atoms in total. The zero-order valence-electron chi connectivity index (χ0n) is 11.5. The Labute approximate surface area is 113 Å². The van der Waals surface area contributed by atoms with E-state index in [4.69, 9.17) is 9.47 Å². The van der Waals surface area contributed by atoms with Gasteiger partial charge in [-0.1, -0.05) is 0 Å². The minimum atomic E-state index is 0.711. The number of hydrogen-bond donors (Lipinski definition) is 2. The number of nitrogens with zero attached hydrogens (tertiary/aromatic N) is 1. The van der Waals surface area contributed by atoms with E-state index < -0.39 is 0 Å². The molecule has 2 aromatic rings. The van der Waals surface area contributed by atoms with E-state index in [9.17, 15) is 0 Å². The van der Waals surface area contributed by atoms with Crippen LogP contribution in [0, 0.1) is 0 Å². The van der Waals surface area contributed by atoms with Crippen LogP contribution >= 0.6 is 0 Å². The molecule has 0 aliphatic carbocycles. The van der Waals surface area contributed by atoms with Crippen LogP contribution in [0.2, 0.25) is 0 Å². The van der Waals surface area contributed by atoms with Gasteiger partial charge in [-0.25, -0.2) is 4.98 Å². The number of rotatable bonds is 6. The Morgan fingerprint density at radius 2 is 2.00 bits per heavy atom. The van der Waals surface area contributed by atoms with Crippen molar-refractivity contribution in [3.63, 3.8) is 0 Å². The number of benzene rings is 1. The van der Waals surface area contributed by atoms with Crippen molar-refractivity contribution in [2.24, 2.45) is 0 Å². The fraction of sp³-hybridized carbons (Fsp3) is 0.357. The molecule has 0 radical (unpaired) electrons. The van der Waals surface area contributed by atoms with Crippen LogP contribution in [-0.4, -0.2) is 37.8 Å². The summed E-state index contributed by atoms with van der Waals surface area (Å²) in [4.78, 5) is 7.57. The van der Waals surface area contributed by atoms with Crippen molar-refractivity contribution >= 4 is 0 Å². The first-order chi connectivity index (χ1) is 9.30. The number of ether oxygens (including phenoxy) is 2. The number of H-pyrrole nitrogens is 1. The van der Waals surface area contributed by atoms with Gasteiger partial charge in [-0.2, -0.15) is 0 Å². The number of hydrogen-bond acceptors (Lipinski definition) is 4. The van der Waals surface area contributed by atoms with Crippen LogP contribution in [0.5, 0.6) is 11.5 Å². The molecule has 0 bridgehead atoms. The van der Waals surface area contributed by atoms with Gasteiger partial charge < -0.3 is 19.8 Å². The molecule has 0 saturated carbocycles. The maximum atomic E-state index is 5.32. The van der Waals surface area contributed by atoms with Crippen LogP contribution in [0.1, 0.15) is 5.69 Å². The SMILES string of the molecule is CNCCc1[nH]cnc1-c1ccc(OC)c(OC)c1. The second-order valence-corrected chi connectivity index (χ2v) is 4.15. The third-order valence-corrected chi connectivity index (χ3v) is 3.00. The molecule has 1 aromatic carbocycles. The molecule has 0 aliphatic heterocycles. The van der Waals surface area contributed by atoms with Crippen LogP contribution in [0.3, 0.4) is 0 Å². The molecule has 2 rings (SSSR count). The first-order valence-corrected chi connectivity index (χ1v) is 6.19. The molecule has 102 valence electrons. The van der Waals surface area contributed by atoms with E-state index in [0.29, 0.717) is 5.75 Å². The number of aromatic amines is 1. The van der Waals surface area contributed by atoms with Gasteiger partial charge in [-0.15, -0.1) is 0 Å². The van der Waals surface area contributed by atoms with Crippen molar-refractivity contribution in [3.05, 3.63) is 30.2 Å². The fourth-order valence-electron chi connectivity index (χ4n) is 1.99. The van der Waals surface area contributed by atoms with Gasteiger partial charge in [-0.3, -0.25) is 0 Å². The zero-order valence-corrected chi connectivity index (χ0v) is 11.5. The van der Waals surface area contributed by atoms with Gasteiger partial charge in [0.05, 0.1) is 26.2 Å². The summed E-state index contributed by atoms with van der Waals surface area (Å²) in [5.74, 6) is 1.43. The molecule has 0 fully saturated rings. The summed E-state index contributed by atoms with van der Waals surface area (Å²) in [7, 11) is 5.20. The standard InChI is InChI=1S/C14H19N3O2/c1-15-7-6-11-14(17-9-16-11)10-4-5-12(18-2)13(8-10)19-3/h4-5,8-9,15H,6-7H2,1-3H3,(H,16,17). The Kier molecular flexibility index (Phi) is 4.41. The third-order valence-electron chi connectivity index (χ3n) is 3.00. The molecule has 0 unspecified atom stereocenters. The summed E-state index contributed by atoms with van der Waals surface area (Å²) in [6.07, 6.45) is 2.62. The lowest BCUT2D eigenvalue weighted by Gasteiger charge is -2.09. The van der Waals surface area contributed by atoms with Gasteiger partial charge in [0.25, 0.3) is 0 Å². The van der Waals surface area contributed by atoms with Crippen LogP contribution in [0.25, 0.3) is 11.3 Å². The molecule has 1 heterocycles. The lowest BCUT2D eigenvalue weighted by atomic mass is 10.1. The lowest BCUT2D eigenvalue weighted by Crippen LogP contribution is -2.11. The second kappa shape index (κ2) is 6.24. The van der Waals surface area contributed by atoms with Gasteiger partial charge in [-0.05, 0) is 25.2 Å². The summed E-state index contributed by atoms with van der Waals surface area (Å²) in [5, 5.41) is 3.13. The molecule has 0 amide bonds. The summed E-state index contributed by atoms with van der Waals surface area (Å²) in [5.41, 5.74) is 3.09. The minimum absolute atomic E-state index is 0.711. The van der Waals surface area contributed by atoms with Gasteiger partial charge >= 0.3 is 0 Å². The van der Waals surface area contributed by atoms with Gasteiger partial charge in [0.15, 0.2) is 11.5 Å². The van der Waals surface area contributed by atoms with Gasteiger partial charge in [0, 0.05) is 24.2 Å². The Bertz CT molecular complexity index is 537. The van der Waals surface area contributed by atoms with E-state index in [-0.39, 0.29) is 0 Å². The molecule has 1 aromatic heterocycles. The Morgan fingerprint density at radius 3 is 2.68 bits per heavy atom. The zero-order chi connectivity index (χ0) is 13.7. The van der Waals surface area contributed by atoms with E-state index in [2.05, 4.69) is 15.3 Å². The Balaban J connectivity index is 2.33. The maximum absolute atomic E-state index is 5.32. The van der Waals surface area contributed by atoms with E-state index in [1.807, 2.05) is 25.2 Å². The molecule has 0 atom stereocenters. The van der Waals surface area contributed by atoms with Gasteiger partial charge in [0.2, 0.25) is 0 Å². The minimum Gasteiger partial charge on any atom is -0.493 e. The number of nitrogens with one attached hydrogen (secondary N) is 2. The highest BCUT2D eigenvalue weighted by Crippen LogP contribution is 2.32. The molecular weight excluding hydrogens is 242 g/mol. The summed E-state index contributed by atoms with van der Waals surface area (Å²) < 4.78 is 10.6. The maximum Gasteiger partial charge on any atom is 0.161 e. The summed E-state index contributed by atoms with van der Waals surface area (Å²) in [6, 6.07) is 5.82. The average Bonchev–Trinajstić information content (AvgIpc) is 2.92. The molecule has 5 heteroatoms. The normalized spacial score (nSPS) is 10.5. The highest BCUT2D eigenvalue weighted by molar-refractivity contribution is 5.66. The Hall–Kier alpha value is -2.01. The lowest BCUT2D eigenvalue weighted by molar-refractivity contribution is 0.355. The number of imidazole rings is 1. The van der Waals surface area contributed by atoms with Crippen molar-refractivity contribution in [2.75, 3.05) is 27.8 Å². The van der Waals surface area contributed by atoms with E-state index >= 15 is 0 Å². The first kappa shape index (κ1) is 13.4. The van der Waals surface area contributed by atoms with Crippen LogP contribution in [-0.2, 0) is 6.42 Å². The second-order valence-electron chi connectivity index (χ2n) is 4.15. The van der Waals surface area contributed by atoms with Crippen molar-refractivity contribution in [2.45, 2.75) is 6.42 Å². The predicted octanol–water partition coefficient (Wildman–Crippen LogP) is 1.86. The summed E-state index contributed by atoms with van der Waals surface area (Å²) >= 11 is 0. The smallest absolute Gasteiger partial charge is 0.161 e.